The Hall–Kier alpha value is -2.30. The Kier molecular flexibility index (Phi) is 7.22. The number of rotatable bonds is 7. The molecule has 1 aliphatic heterocycles. The van der Waals surface area contributed by atoms with Gasteiger partial charge in [-0.05, 0) is 25.5 Å². The van der Waals surface area contributed by atoms with Crippen LogP contribution in [0.25, 0.3) is 0 Å². The molecule has 2 heterocycles. The van der Waals surface area contributed by atoms with E-state index in [2.05, 4.69) is 10.3 Å². The van der Waals surface area contributed by atoms with E-state index in [1.54, 1.807) is 10.9 Å². The van der Waals surface area contributed by atoms with Gasteiger partial charge in [-0.15, -0.1) is 5.10 Å². The lowest BCUT2D eigenvalue weighted by atomic mass is 10.1. The summed E-state index contributed by atoms with van der Waals surface area (Å²) in [5.41, 5.74) is 2.74. The normalized spacial score (nSPS) is 20.0. The molecule has 1 saturated heterocycles. The van der Waals surface area contributed by atoms with Crippen molar-refractivity contribution in [3.63, 3.8) is 0 Å². The monoisotopic (exact) mass is 435 g/mol. The van der Waals surface area contributed by atoms with Crippen molar-refractivity contribution in [2.45, 2.75) is 39.4 Å². The van der Waals surface area contributed by atoms with Crippen molar-refractivity contribution in [2.75, 3.05) is 32.5 Å². The van der Waals surface area contributed by atoms with Crippen LogP contribution in [0.15, 0.2) is 30.5 Å². The molecule has 9 nitrogen and oxygen atoms in total. The summed E-state index contributed by atoms with van der Waals surface area (Å²) < 4.78 is 33.7. The molecule has 1 unspecified atom stereocenters. The number of benzene rings is 1. The summed E-state index contributed by atoms with van der Waals surface area (Å²) >= 11 is 0. The minimum Gasteiger partial charge on any atom is -0.468 e. The maximum Gasteiger partial charge on any atom is 0.325 e. The van der Waals surface area contributed by atoms with E-state index in [1.165, 1.54) is 17.0 Å². The fourth-order valence-electron chi connectivity index (χ4n) is 3.57. The molecule has 3 rings (SSSR count). The zero-order valence-corrected chi connectivity index (χ0v) is 18.5. The molecule has 10 heteroatoms. The second-order valence-corrected chi connectivity index (χ2v) is 9.63. The SMILES string of the molecule is CCCN1CCS(=O)(=O)N(Cc2cn(Cc3ccc(C)cc3)nn2)C(C(=O)OC)C1. The highest BCUT2D eigenvalue weighted by molar-refractivity contribution is 7.89. The minimum absolute atomic E-state index is 0.0179. The smallest absolute Gasteiger partial charge is 0.325 e. The highest BCUT2D eigenvalue weighted by Crippen LogP contribution is 2.19. The van der Waals surface area contributed by atoms with E-state index in [4.69, 9.17) is 4.74 Å². The maximum atomic E-state index is 13.0. The predicted octanol–water partition coefficient (Wildman–Crippen LogP) is 1.03. The van der Waals surface area contributed by atoms with E-state index < -0.39 is 22.0 Å². The number of nitrogens with zero attached hydrogens (tertiary/aromatic N) is 5. The van der Waals surface area contributed by atoms with Crippen LogP contribution in [0, 0.1) is 6.92 Å². The Labute approximate surface area is 177 Å². The van der Waals surface area contributed by atoms with Gasteiger partial charge >= 0.3 is 5.97 Å². The molecule has 30 heavy (non-hydrogen) atoms. The summed E-state index contributed by atoms with van der Waals surface area (Å²) in [6, 6.07) is 7.19. The van der Waals surface area contributed by atoms with Gasteiger partial charge in [0.2, 0.25) is 10.0 Å². The molecule has 1 fully saturated rings. The third kappa shape index (κ3) is 5.44. The van der Waals surface area contributed by atoms with Crippen molar-refractivity contribution >= 4 is 16.0 Å². The molecule has 1 aromatic carbocycles. The molecule has 2 aromatic rings. The van der Waals surface area contributed by atoms with Crippen LogP contribution in [0.3, 0.4) is 0 Å². The molecule has 0 saturated carbocycles. The molecular weight excluding hydrogens is 406 g/mol. The zero-order chi connectivity index (χ0) is 21.7. The first-order valence-electron chi connectivity index (χ1n) is 10.1. The van der Waals surface area contributed by atoms with Crippen molar-refractivity contribution in [2.24, 2.45) is 0 Å². The number of sulfonamides is 1. The summed E-state index contributed by atoms with van der Waals surface area (Å²) in [4.78, 5) is 14.4. The third-order valence-corrected chi connectivity index (χ3v) is 6.98. The van der Waals surface area contributed by atoms with Gasteiger partial charge in [0.1, 0.15) is 6.04 Å². The highest BCUT2D eigenvalue weighted by Gasteiger charge is 2.40. The number of carbonyl (C=O) groups is 1. The molecule has 0 N–H and O–H groups in total. The number of hydrogen-bond acceptors (Lipinski definition) is 7. The van der Waals surface area contributed by atoms with Gasteiger partial charge in [-0.1, -0.05) is 42.0 Å². The van der Waals surface area contributed by atoms with Gasteiger partial charge in [-0.3, -0.25) is 4.79 Å². The van der Waals surface area contributed by atoms with Crippen molar-refractivity contribution in [1.82, 2.24) is 24.2 Å². The molecule has 0 radical (unpaired) electrons. The molecule has 1 aromatic heterocycles. The van der Waals surface area contributed by atoms with E-state index in [9.17, 15) is 13.2 Å². The first-order valence-corrected chi connectivity index (χ1v) is 11.7. The van der Waals surface area contributed by atoms with E-state index in [-0.39, 0.29) is 12.3 Å². The Balaban J connectivity index is 1.80. The Morgan fingerprint density at radius 2 is 1.97 bits per heavy atom. The number of methoxy groups -OCH3 is 1. The topological polar surface area (TPSA) is 97.6 Å². The standard InChI is InChI=1S/C20H29N5O4S/c1-4-9-23-10-11-30(27,28)25(19(15-23)20(26)29-3)14-18-13-24(22-21-18)12-17-7-5-16(2)6-8-17/h5-8,13,19H,4,9-12,14-15H2,1-3H3. The average Bonchev–Trinajstić information content (AvgIpc) is 3.11. The number of ether oxygens (including phenoxy) is 1. The number of carbonyl (C=O) groups excluding carboxylic acids is 1. The summed E-state index contributed by atoms with van der Waals surface area (Å²) in [5.74, 6) is -0.605. The number of aryl methyl sites for hydroxylation is 1. The Bertz CT molecular complexity index is 958. The van der Waals surface area contributed by atoms with E-state index in [0.717, 1.165) is 18.5 Å². The molecule has 1 atom stereocenters. The quantitative estimate of drug-likeness (QED) is 0.599. The van der Waals surface area contributed by atoms with Crippen LogP contribution in [-0.4, -0.2) is 77.1 Å². The highest BCUT2D eigenvalue weighted by atomic mass is 32.2. The van der Waals surface area contributed by atoms with Crippen LogP contribution >= 0.6 is 0 Å². The fourth-order valence-corrected chi connectivity index (χ4v) is 5.16. The van der Waals surface area contributed by atoms with Crippen molar-refractivity contribution in [3.8, 4) is 0 Å². The van der Waals surface area contributed by atoms with Crippen LogP contribution in [0.5, 0.6) is 0 Å². The Morgan fingerprint density at radius 1 is 1.23 bits per heavy atom. The molecule has 164 valence electrons. The molecule has 0 bridgehead atoms. The summed E-state index contributed by atoms with van der Waals surface area (Å²) in [6.45, 7) is 5.98. The van der Waals surface area contributed by atoms with Gasteiger partial charge < -0.3 is 9.64 Å². The Morgan fingerprint density at radius 3 is 2.63 bits per heavy atom. The van der Waals surface area contributed by atoms with Crippen LogP contribution in [0.1, 0.15) is 30.2 Å². The summed E-state index contributed by atoms with van der Waals surface area (Å²) in [7, 11) is -2.38. The average molecular weight is 436 g/mol. The second kappa shape index (κ2) is 9.67. The lowest BCUT2D eigenvalue weighted by Crippen LogP contribution is -2.48. The van der Waals surface area contributed by atoms with Crippen LogP contribution in [-0.2, 0) is 32.6 Å². The molecule has 0 spiro atoms. The van der Waals surface area contributed by atoms with Gasteiger partial charge in [0.15, 0.2) is 0 Å². The number of hydrogen-bond donors (Lipinski definition) is 0. The largest absolute Gasteiger partial charge is 0.468 e. The number of aromatic nitrogens is 3. The van der Waals surface area contributed by atoms with Gasteiger partial charge in [0.25, 0.3) is 0 Å². The summed E-state index contributed by atoms with van der Waals surface area (Å²) in [6.07, 6.45) is 2.60. The molecule has 0 aliphatic carbocycles. The predicted molar refractivity (Wildman–Crippen MR) is 112 cm³/mol. The lowest BCUT2D eigenvalue weighted by molar-refractivity contribution is -0.145. The first-order chi connectivity index (χ1) is 14.3. The van der Waals surface area contributed by atoms with E-state index >= 15 is 0 Å². The van der Waals surface area contributed by atoms with E-state index in [0.29, 0.717) is 25.3 Å². The molecule has 0 amide bonds. The second-order valence-electron chi connectivity index (χ2n) is 7.59. The summed E-state index contributed by atoms with van der Waals surface area (Å²) in [5, 5.41) is 8.26. The first kappa shape index (κ1) is 22.4. The maximum absolute atomic E-state index is 13.0. The zero-order valence-electron chi connectivity index (χ0n) is 17.7. The van der Waals surface area contributed by atoms with Gasteiger partial charge in [0.05, 0.1) is 37.8 Å². The van der Waals surface area contributed by atoms with E-state index in [1.807, 2.05) is 43.0 Å². The fraction of sp³-hybridized carbons (Fsp3) is 0.550. The molecular formula is C20H29N5O4S. The lowest BCUT2D eigenvalue weighted by Gasteiger charge is -2.27. The van der Waals surface area contributed by atoms with Gasteiger partial charge in [0, 0.05) is 13.1 Å². The third-order valence-electron chi connectivity index (χ3n) is 5.18. The minimum atomic E-state index is -3.65. The van der Waals surface area contributed by atoms with Crippen molar-refractivity contribution in [1.29, 1.82) is 0 Å². The van der Waals surface area contributed by atoms with Crippen LogP contribution in [0.2, 0.25) is 0 Å². The van der Waals surface area contributed by atoms with Crippen LogP contribution < -0.4 is 0 Å². The number of esters is 1. The van der Waals surface area contributed by atoms with Gasteiger partial charge in [-0.25, -0.2) is 13.1 Å². The van der Waals surface area contributed by atoms with Crippen LogP contribution in [0.4, 0.5) is 0 Å². The van der Waals surface area contributed by atoms with Crippen molar-refractivity contribution < 1.29 is 17.9 Å². The molecule has 1 aliphatic rings. The van der Waals surface area contributed by atoms with Gasteiger partial charge in [-0.2, -0.15) is 4.31 Å². The van der Waals surface area contributed by atoms with Crippen molar-refractivity contribution in [3.05, 3.63) is 47.3 Å².